The van der Waals surface area contributed by atoms with Crippen LogP contribution < -0.4 is 15.6 Å². The molecule has 0 amide bonds. The highest BCUT2D eigenvalue weighted by molar-refractivity contribution is 5.75. The lowest BCUT2D eigenvalue weighted by atomic mass is 9.92. The van der Waals surface area contributed by atoms with Crippen molar-refractivity contribution in [2.75, 3.05) is 11.9 Å². The van der Waals surface area contributed by atoms with Gasteiger partial charge in [-0.15, -0.1) is 0 Å². The molecule has 0 fully saturated rings. The van der Waals surface area contributed by atoms with Gasteiger partial charge >= 0.3 is 0 Å². The van der Waals surface area contributed by atoms with Gasteiger partial charge in [-0.25, -0.2) is 5.10 Å². The van der Waals surface area contributed by atoms with Crippen LogP contribution in [0.2, 0.25) is 0 Å². The topological polar surface area (TPSA) is 154 Å². The van der Waals surface area contributed by atoms with E-state index < -0.39 is 16.5 Å². The number of nitrogens with one attached hydrogen (secondary N) is 2. The predicted molar refractivity (Wildman–Crippen MR) is 113 cm³/mol. The first-order chi connectivity index (χ1) is 15.6. The number of tetrazole rings is 1. The molecule has 12 nitrogen and oxygen atoms in total. The zero-order valence-electron chi connectivity index (χ0n) is 16.7. The van der Waals surface area contributed by atoms with Crippen molar-refractivity contribution < 1.29 is 9.66 Å². The molecule has 0 spiro atoms. The quantitative estimate of drug-likeness (QED) is 0.315. The maximum atomic E-state index is 12.7. The summed E-state index contributed by atoms with van der Waals surface area (Å²) in [5.41, 5.74) is 2.17. The van der Waals surface area contributed by atoms with E-state index in [4.69, 9.17) is 4.74 Å². The molecular formula is C20H16N8O4. The van der Waals surface area contributed by atoms with E-state index in [1.807, 2.05) is 31.2 Å². The molecule has 3 heterocycles. The monoisotopic (exact) mass is 432 g/mol. The summed E-state index contributed by atoms with van der Waals surface area (Å²) < 4.78 is 7.10. The first kappa shape index (κ1) is 19.4. The van der Waals surface area contributed by atoms with Gasteiger partial charge in [-0.1, -0.05) is 17.2 Å². The lowest BCUT2D eigenvalue weighted by Crippen LogP contribution is -2.29. The van der Waals surface area contributed by atoms with Crippen molar-refractivity contribution in [1.82, 2.24) is 30.4 Å². The summed E-state index contributed by atoms with van der Waals surface area (Å²) in [7, 11) is 0. The number of nitro groups is 1. The molecule has 32 heavy (non-hydrogen) atoms. The molecule has 1 atom stereocenters. The molecule has 5 rings (SSSR count). The van der Waals surface area contributed by atoms with E-state index in [-0.39, 0.29) is 11.4 Å². The summed E-state index contributed by atoms with van der Waals surface area (Å²) in [6.07, 6.45) is 0. The van der Waals surface area contributed by atoms with Gasteiger partial charge in [-0.2, -0.15) is 9.78 Å². The van der Waals surface area contributed by atoms with Gasteiger partial charge in [0.15, 0.2) is 0 Å². The molecule has 1 aliphatic heterocycles. The standard InChI is InChI=1S/C20H16N8O4/c1-2-32-14-9-5-12(6-10-14)18-15-16(11-3-7-13(8-4-11)28(30)31)22-23-19(29)17(15)21-20-24-25-26-27(18)20/h3-10,18H,2H2,1H3,(H,23,29)(H,21,24,26). The fourth-order valence-electron chi connectivity index (χ4n) is 3.72. The normalized spacial score (nSPS) is 14.2. The molecule has 160 valence electrons. The van der Waals surface area contributed by atoms with Crippen LogP contribution in [-0.4, -0.2) is 41.9 Å². The number of hydrogen-bond acceptors (Lipinski definition) is 9. The zero-order chi connectivity index (χ0) is 22.2. The van der Waals surface area contributed by atoms with Crippen LogP contribution in [0.4, 0.5) is 17.3 Å². The van der Waals surface area contributed by atoms with Crippen LogP contribution in [0, 0.1) is 10.1 Å². The molecule has 0 radical (unpaired) electrons. The van der Waals surface area contributed by atoms with Crippen molar-refractivity contribution in [2.45, 2.75) is 13.0 Å². The Morgan fingerprint density at radius 3 is 2.59 bits per heavy atom. The molecule has 1 unspecified atom stereocenters. The molecule has 0 saturated carbocycles. The minimum Gasteiger partial charge on any atom is -0.494 e. The number of nitro benzene ring substituents is 1. The predicted octanol–water partition coefficient (Wildman–Crippen LogP) is 2.42. The van der Waals surface area contributed by atoms with Crippen molar-refractivity contribution in [3.63, 3.8) is 0 Å². The van der Waals surface area contributed by atoms with Gasteiger partial charge < -0.3 is 10.1 Å². The second-order valence-electron chi connectivity index (χ2n) is 6.97. The Bertz CT molecular complexity index is 1360. The molecule has 1 aliphatic rings. The summed E-state index contributed by atoms with van der Waals surface area (Å²) in [5.74, 6) is 1.02. The maximum Gasteiger partial charge on any atom is 0.288 e. The van der Waals surface area contributed by atoms with E-state index in [2.05, 4.69) is 31.0 Å². The minimum absolute atomic E-state index is 0.0454. The molecule has 12 heteroatoms. The van der Waals surface area contributed by atoms with Crippen molar-refractivity contribution in [2.24, 2.45) is 0 Å². The smallest absolute Gasteiger partial charge is 0.288 e. The number of benzene rings is 2. The third-order valence-corrected chi connectivity index (χ3v) is 5.13. The van der Waals surface area contributed by atoms with Gasteiger partial charge in [0, 0.05) is 23.3 Å². The van der Waals surface area contributed by atoms with Gasteiger partial charge in [-0.05, 0) is 47.2 Å². The Morgan fingerprint density at radius 1 is 1.16 bits per heavy atom. The van der Waals surface area contributed by atoms with E-state index in [9.17, 15) is 14.9 Å². The van der Waals surface area contributed by atoms with Crippen molar-refractivity contribution in [1.29, 1.82) is 0 Å². The highest BCUT2D eigenvalue weighted by Crippen LogP contribution is 2.41. The Labute approximate surface area is 180 Å². The number of anilines is 2. The molecule has 4 aromatic rings. The number of aromatic nitrogens is 6. The van der Waals surface area contributed by atoms with E-state index >= 15 is 0 Å². The van der Waals surface area contributed by atoms with Crippen LogP contribution in [0.5, 0.6) is 5.75 Å². The molecule has 0 bridgehead atoms. The number of hydrogen-bond donors (Lipinski definition) is 2. The third kappa shape index (κ3) is 3.14. The first-order valence-electron chi connectivity index (χ1n) is 9.72. The highest BCUT2D eigenvalue weighted by atomic mass is 16.6. The van der Waals surface area contributed by atoms with E-state index in [0.717, 1.165) is 5.56 Å². The minimum atomic E-state index is -0.563. The molecule has 2 aromatic heterocycles. The number of ether oxygens (including phenoxy) is 1. The van der Waals surface area contributed by atoms with Crippen LogP contribution in [0.15, 0.2) is 53.3 Å². The average molecular weight is 432 g/mol. The van der Waals surface area contributed by atoms with Crippen LogP contribution in [0.25, 0.3) is 11.3 Å². The summed E-state index contributed by atoms with van der Waals surface area (Å²) in [6.45, 7) is 2.44. The number of nitrogens with zero attached hydrogens (tertiary/aromatic N) is 6. The van der Waals surface area contributed by atoms with E-state index in [0.29, 0.717) is 35.1 Å². The van der Waals surface area contributed by atoms with E-state index in [1.165, 1.54) is 12.1 Å². The molecule has 0 aliphatic carbocycles. The average Bonchev–Trinajstić information content (AvgIpc) is 3.28. The fraction of sp³-hybridized carbons (Fsp3) is 0.150. The number of fused-ring (bicyclic) bond motifs is 2. The van der Waals surface area contributed by atoms with Crippen molar-refractivity contribution >= 4 is 17.3 Å². The largest absolute Gasteiger partial charge is 0.494 e. The Balaban J connectivity index is 1.71. The van der Waals surface area contributed by atoms with E-state index in [1.54, 1.807) is 16.8 Å². The van der Waals surface area contributed by atoms with Gasteiger partial charge in [0.25, 0.3) is 11.2 Å². The molecule has 2 aromatic carbocycles. The van der Waals surface area contributed by atoms with Gasteiger partial charge in [-0.3, -0.25) is 14.9 Å². The van der Waals surface area contributed by atoms with Crippen molar-refractivity contribution in [3.8, 4) is 17.0 Å². The summed E-state index contributed by atoms with van der Waals surface area (Å²) >= 11 is 0. The lowest BCUT2D eigenvalue weighted by molar-refractivity contribution is -0.384. The third-order valence-electron chi connectivity index (χ3n) is 5.13. The van der Waals surface area contributed by atoms with Gasteiger partial charge in [0.1, 0.15) is 17.5 Å². The summed E-state index contributed by atoms with van der Waals surface area (Å²) in [5, 5.41) is 32.6. The Kier molecular flexibility index (Phi) is 4.58. The number of rotatable bonds is 5. The molecular weight excluding hydrogens is 416 g/mol. The van der Waals surface area contributed by atoms with Gasteiger partial charge in [0.2, 0.25) is 5.95 Å². The summed E-state index contributed by atoms with van der Waals surface area (Å²) in [4.78, 5) is 23.2. The summed E-state index contributed by atoms with van der Waals surface area (Å²) in [6, 6.07) is 12.8. The fourth-order valence-corrected chi connectivity index (χ4v) is 3.72. The Hall–Kier alpha value is -4.61. The molecule has 2 N–H and O–H groups in total. The first-order valence-corrected chi connectivity index (χ1v) is 9.72. The second-order valence-corrected chi connectivity index (χ2v) is 6.97. The SMILES string of the molecule is CCOc1ccc(C2c3c(-c4ccc([N+](=O)[O-])cc4)n[nH]c(=O)c3Nc3nnnn32)cc1. The second kappa shape index (κ2) is 7.58. The number of non-ortho nitro benzene ring substituents is 1. The van der Waals surface area contributed by atoms with Crippen LogP contribution in [0.3, 0.4) is 0 Å². The van der Waals surface area contributed by atoms with Crippen molar-refractivity contribution in [3.05, 3.63) is 80.1 Å². The molecule has 0 saturated heterocycles. The highest BCUT2D eigenvalue weighted by Gasteiger charge is 2.34. The van der Waals surface area contributed by atoms with Crippen LogP contribution in [-0.2, 0) is 0 Å². The van der Waals surface area contributed by atoms with Crippen LogP contribution in [0.1, 0.15) is 24.1 Å². The lowest BCUT2D eigenvalue weighted by Gasteiger charge is -2.27. The maximum absolute atomic E-state index is 12.7. The zero-order valence-corrected chi connectivity index (χ0v) is 16.7. The Morgan fingerprint density at radius 2 is 1.91 bits per heavy atom. The number of H-pyrrole nitrogens is 1. The van der Waals surface area contributed by atoms with Crippen LogP contribution >= 0.6 is 0 Å². The number of aromatic amines is 1. The van der Waals surface area contributed by atoms with Gasteiger partial charge in [0.05, 0.1) is 17.2 Å².